The summed E-state index contributed by atoms with van der Waals surface area (Å²) in [5.41, 5.74) is 0.763. The van der Waals surface area contributed by atoms with E-state index in [-0.39, 0.29) is 12.8 Å². The van der Waals surface area contributed by atoms with E-state index in [0.717, 1.165) is 15.4 Å². The summed E-state index contributed by atoms with van der Waals surface area (Å²) >= 11 is 1.57. The maximum Gasteiger partial charge on any atom is 0.332 e. The Morgan fingerprint density at radius 3 is 2.12 bits per heavy atom. The van der Waals surface area contributed by atoms with Crippen molar-refractivity contribution < 1.29 is 23.8 Å². The lowest BCUT2D eigenvalue weighted by Gasteiger charge is -2.11. The van der Waals surface area contributed by atoms with E-state index < -0.39 is 13.9 Å². The van der Waals surface area contributed by atoms with Crippen molar-refractivity contribution in [3.63, 3.8) is 0 Å². The number of benzene rings is 2. The van der Waals surface area contributed by atoms with E-state index in [1.807, 2.05) is 36.4 Å². The number of hydrogen-bond donors (Lipinski definition) is 2. The normalized spacial score (nSPS) is 14.8. The average molecular weight is 368 g/mol. The van der Waals surface area contributed by atoms with Crippen molar-refractivity contribution in [2.75, 3.05) is 6.61 Å². The van der Waals surface area contributed by atoms with E-state index in [4.69, 9.17) is 9.26 Å². The number of rotatable bonds is 8. The summed E-state index contributed by atoms with van der Waals surface area (Å²) in [7, 11) is -3.55. The first-order chi connectivity index (χ1) is 11.4. The summed E-state index contributed by atoms with van der Waals surface area (Å²) in [6.45, 7) is 3.47. The van der Waals surface area contributed by atoms with Crippen LogP contribution in [0.1, 0.15) is 19.4 Å². The second-order valence-corrected chi connectivity index (χ2v) is 8.14. The van der Waals surface area contributed by atoms with Gasteiger partial charge in [0.05, 0.1) is 12.8 Å². The van der Waals surface area contributed by atoms with E-state index >= 15 is 0 Å². The highest BCUT2D eigenvalue weighted by Crippen LogP contribution is 2.45. The zero-order chi connectivity index (χ0) is 17.6. The fourth-order valence-corrected chi connectivity index (χ4v) is 4.04. The lowest BCUT2D eigenvalue weighted by atomic mass is 10.2. The number of hydrogen-bond acceptors (Lipinski definition) is 5. The van der Waals surface area contributed by atoms with Gasteiger partial charge in [-0.1, -0.05) is 23.9 Å². The molecule has 2 aromatic carbocycles. The Labute approximate surface area is 146 Å². The Bertz CT molecular complexity index is 685. The summed E-state index contributed by atoms with van der Waals surface area (Å²) < 4.78 is 21.8. The van der Waals surface area contributed by atoms with Crippen LogP contribution in [0.4, 0.5) is 0 Å². The van der Waals surface area contributed by atoms with Gasteiger partial charge in [0.2, 0.25) is 0 Å². The Morgan fingerprint density at radius 2 is 1.62 bits per heavy atom. The van der Waals surface area contributed by atoms with Gasteiger partial charge < -0.3 is 19.3 Å². The molecule has 0 bridgehead atoms. The van der Waals surface area contributed by atoms with Gasteiger partial charge in [-0.3, -0.25) is 4.57 Å². The maximum atomic E-state index is 11.8. The van der Waals surface area contributed by atoms with Gasteiger partial charge in [-0.05, 0) is 55.8 Å². The fourth-order valence-electron chi connectivity index (χ4n) is 2.06. The van der Waals surface area contributed by atoms with Crippen LogP contribution in [0.25, 0.3) is 0 Å². The van der Waals surface area contributed by atoms with E-state index in [2.05, 4.69) is 0 Å². The van der Waals surface area contributed by atoms with Crippen molar-refractivity contribution in [2.24, 2.45) is 0 Å². The topological polar surface area (TPSA) is 76.0 Å². The van der Waals surface area contributed by atoms with Gasteiger partial charge in [0.1, 0.15) is 5.75 Å². The molecular weight excluding hydrogens is 347 g/mol. The Balaban J connectivity index is 1.97. The van der Waals surface area contributed by atoms with Crippen molar-refractivity contribution in [1.29, 1.82) is 0 Å². The van der Waals surface area contributed by atoms with Crippen LogP contribution in [-0.4, -0.2) is 22.9 Å². The molecule has 0 aliphatic heterocycles. The lowest BCUT2D eigenvalue weighted by Crippen LogP contribution is -2.09. The summed E-state index contributed by atoms with van der Waals surface area (Å²) in [5.74, 6) is 0.610. The van der Waals surface area contributed by atoms with Gasteiger partial charge in [0.15, 0.2) is 6.29 Å². The molecule has 0 radical (unpaired) electrons. The third kappa shape index (κ3) is 6.30. The maximum absolute atomic E-state index is 11.8. The molecule has 0 saturated heterocycles. The predicted molar refractivity (Wildman–Crippen MR) is 94.5 cm³/mol. The van der Waals surface area contributed by atoms with Gasteiger partial charge in [0, 0.05) is 9.79 Å². The van der Waals surface area contributed by atoms with Crippen LogP contribution < -0.4 is 4.74 Å². The molecule has 0 spiro atoms. The van der Waals surface area contributed by atoms with Crippen LogP contribution in [-0.2, 0) is 15.3 Å². The molecule has 2 aromatic rings. The summed E-state index contributed by atoms with van der Waals surface area (Å²) in [5, 5.41) is 9.18. The zero-order valence-corrected chi connectivity index (χ0v) is 15.3. The molecule has 7 heteroatoms. The first-order valence-corrected chi connectivity index (χ1v) is 10.1. The number of aliphatic hydroxyl groups excluding tert-OH is 1. The number of aliphatic hydroxyl groups is 1. The van der Waals surface area contributed by atoms with Gasteiger partial charge >= 0.3 is 7.60 Å². The van der Waals surface area contributed by atoms with Crippen LogP contribution in [0, 0.1) is 0 Å². The van der Waals surface area contributed by atoms with Crippen LogP contribution in [0.3, 0.4) is 0 Å². The smallest absolute Gasteiger partial charge is 0.332 e. The summed E-state index contributed by atoms with van der Waals surface area (Å²) in [6, 6.07) is 14.9. The highest BCUT2D eigenvalue weighted by Gasteiger charge is 2.18. The van der Waals surface area contributed by atoms with Crippen molar-refractivity contribution >= 4 is 19.4 Å². The molecule has 0 aliphatic rings. The van der Waals surface area contributed by atoms with Crippen LogP contribution in [0.5, 0.6) is 5.75 Å². The van der Waals surface area contributed by atoms with Crippen molar-refractivity contribution in [2.45, 2.75) is 36.1 Å². The minimum Gasteiger partial charge on any atom is -0.465 e. The zero-order valence-electron chi connectivity index (χ0n) is 13.6. The summed E-state index contributed by atoms with van der Waals surface area (Å²) in [4.78, 5) is 11.7. The molecule has 2 rings (SSSR count). The quantitative estimate of drug-likeness (QED) is 0.535. The van der Waals surface area contributed by atoms with Crippen molar-refractivity contribution in [1.82, 2.24) is 0 Å². The molecule has 2 N–H and O–H groups in total. The molecular formula is C17H21O5PS. The highest BCUT2D eigenvalue weighted by molar-refractivity contribution is 7.99. The lowest BCUT2D eigenvalue weighted by molar-refractivity contribution is -0.000327. The second kappa shape index (κ2) is 8.70. The highest BCUT2D eigenvalue weighted by atomic mass is 32.2. The van der Waals surface area contributed by atoms with E-state index in [1.165, 1.54) is 0 Å². The standard InChI is InChI=1S/C17H21O5PS/c1-3-21-23(19,20)12-14-4-8-16(9-5-14)24-17-10-6-15(7-11-17)22-13(2)18/h4-11,13,18H,3,12H2,1-2H3,(H,19,20). The second-order valence-electron chi connectivity index (χ2n) is 5.15. The van der Waals surface area contributed by atoms with Crippen molar-refractivity contribution in [3.8, 4) is 5.75 Å². The Kier molecular flexibility index (Phi) is 6.90. The van der Waals surface area contributed by atoms with Crippen LogP contribution in [0.2, 0.25) is 0 Å². The summed E-state index contributed by atoms with van der Waals surface area (Å²) in [6.07, 6.45) is -0.827. The molecule has 24 heavy (non-hydrogen) atoms. The van der Waals surface area contributed by atoms with Crippen LogP contribution >= 0.6 is 19.4 Å². The number of ether oxygens (including phenoxy) is 1. The van der Waals surface area contributed by atoms with E-state index in [1.54, 1.807) is 37.7 Å². The van der Waals surface area contributed by atoms with E-state index in [0.29, 0.717) is 5.75 Å². The van der Waals surface area contributed by atoms with E-state index in [9.17, 15) is 14.6 Å². The SMILES string of the molecule is CCOP(=O)(O)Cc1ccc(Sc2ccc(OC(C)O)cc2)cc1. The monoisotopic (exact) mass is 368 g/mol. The fraction of sp³-hybridized carbons (Fsp3) is 0.294. The minimum atomic E-state index is -3.55. The van der Waals surface area contributed by atoms with Crippen LogP contribution in [0.15, 0.2) is 58.3 Å². The molecule has 0 aromatic heterocycles. The molecule has 0 aliphatic carbocycles. The third-order valence-corrected chi connectivity index (χ3v) is 5.44. The minimum absolute atomic E-state index is 0.0111. The molecule has 5 nitrogen and oxygen atoms in total. The molecule has 0 amide bonds. The van der Waals surface area contributed by atoms with Gasteiger partial charge in [-0.2, -0.15) is 0 Å². The van der Waals surface area contributed by atoms with Gasteiger partial charge in [-0.25, -0.2) is 0 Å². The first kappa shape index (κ1) is 19.0. The third-order valence-electron chi connectivity index (χ3n) is 3.00. The Morgan fingerprint density at radius 1 is 1.08 bits per heavy atom. The molecule has 0 fully saturated rings. The van der Waals surface area contributed by atoms with Crippen molar-refractivity contribution in [3.05, 3.63) is 54.1 Å². The largest absolute Gasteiger partial charge is 0.465 e. The molecule has 2 unspecified atom stereocenters. The first-order valence-electron chi connectivity index (χ1n) is 7.56. The predicted octanol–water partition coefficient (Wildman–Crippen LogP) is 4.28. The molecule has 0 heterocycles. The van der Waals surface area contributed by atoms with Gasteiger partial charge in [-0.15, -0.1) is 0 Å². The van der Waals surface area contributed by atoms with Gasteiger partial charge in [0.25, 0.3) is 0 Å². The molecule has 2 atom stereocenters. The average Bonchev–Trinajstić information content (AvgIpc) is 2.50. The molecule has 130 valence electrons. The Hall–Kier alpha value is -1.30. The molecule has 0 saturated carbocycles.